The number of thiocarbonyl (C=S) groups is 1. The molecule has 4 aliphatic heterocycles. The number of rotatable bonds is 20. The lowest BCUT2D eigenvalue weighted by atomic mass is 9.66. The summed E-state index contributed by atoms with van der Waals surface area (Å²) < 4.78 is 60.0. The van der Waals surface area contributed by atoms with Crippen molar-refractivity contribution in [3.63, 3.8) is 0 Å². The van der Waals surface area contributed by atoms with Gasteiger partial charge in [-0.25, -0.2) is 0 Å². The lowest BCUT2D eigenvalue weighted by Crippen LogP contribution is -2.64. The molecule has 3 fully saturated rings. The summed E-state index contributed by atoms with van der Waals surface area (Å²) >= 11 is 5.68. The Morgan fingerprint density at radius 1 is 0.871 bits per heavy atom. The molecule has 62 heavy (non-hydrogen) atoms. The minimum atomic E-state index is -1.20. The molecule has 0 radical (unpaired) electrons. The first-order chi connectivity index (χ1) is 30.2. The third-order valence-corrected chi connectivity index (χ3v) is 12.6. The normalized spacial score (nSPS) is 28.6. The zero-order chi connectivity index (χ0) is 43.6. The third kappa shape index (κ3) is 10.6. The maximum atomic E-state index is 13.8. The van der Waals surface area contributed by atoms with Gasteiger partial charge in [0, 0.05) is 18.4 Å². The number of hydrogen-bond donors (Lipinski definition) is 3. The van der Waals surface area contributed by atoms with Gasteiger partial charge in [0.25, 0.3) is 5.17 Å². The van der Waals surface area contributed by atoms with E-state index in [1.54, 1.807) is 19.1 Å². The molecule has 0 amide bonds. The van der Waals surface area contributed by atoms with Crippen molar-refractivity contribution in [3.8, 4) is 28.7 Å². The van der Waals surface area contributed by atoms with Crippen LogP contribution in [0.1, 0.15) is 113 Å². The van der Waals surface area contributed by atoms with Crippen molar-refractivity contribution in [2.45, 2.75) is 133 Å². The number of unbranched alkanes of at least 4 members (excludes halogenated alkanes) is 8. The van der Waals surface area contributed by atoms with E-state index >= 15 is 0 Å². The Labute approximate surface area is 370 Å². The highest BCUT2D eigenvalue weighted by Crippen LogP contribution is 2.57. The molecule has 340 valence electrons. The Kier molecular flexibility index (Phi) is 16.3. The lowest BCUT2D eigenvalue weighted by molar-refractivity contribution is -0.362. The molecule has 3 saturated heterocycles. The molecular weight excluding hydrogens is 819 g/mol. The van der Waals surface area contributed by atoms with Crippen LogP contribution in [0.15, 0.2) is 48.6 Å². The van der Waals surface area contributed by atoms with E-state index in [1.165, 1.54) is 52.7 Å². The van der Waals surface area contributed by atoms with Gasteiger partial charge in [-0.1, -0.05) is 69.8 Å². The molecule has 1 unspecified atom stereocenters. The molecule has 0 aromatic heterocycles. The fourth-order valence-corrected chi connectivity index (χ4v) is 9.34. The van der Waals surface area contributed by atoms with E-state index < -0.39 is 66.8 Å². The number of aliphatic hydroxyl groups is 1. The number of allylic oxidation sites excluding steroid dienone is 4. The average molecular weight is 882 g/mol. The van der Waals surface area contributed by atoms with Crippen LogP contribution in [-0.2, 0) is 33.2 Å². The first kappa shape index (κ1) is 45.9. The summed E-state index contributed by atoms with van der Waals surface area (Å²) in [6, 6.07) is 7.09. The van der Waals surface area contributed by atoms with Gasteiger partial charge in [0.2, 0.25) is 12.5 Å². The second-order valence-corrected chi connectivity index (χ2v) is 16.9. The topological polar surface area (TPSA) is 162 Å². The summed E-state index contributed by atoms with van der Waals surface area (Å²) in [5, 5.41) is 26.0. The van der Waals surface area contributed by atoms with Crippen LogP contribution in [0.4, 0.5) is 0 Å². The number of benzene rings is 2. The SMILES string of the molecule is CCCCC=CCC=CCCCCCCCCNC(=S)O[C@H]1[C@H](O[C@@H]2c3cc4c(cc3[C@@H](c3cc(OC)c(O)c(OC)c3)[C@H]3C(=O)OC[C@@H]32)OCO4)O[C@@H]2CO[C@@H](C)OC2[C@@H]1O. The maximum absolute atomic E-state index is 13.8. The maximum Gasteiger partial charge on any atom is 0.310 e. The molecule has 4 heterocycles. The summed E-state index contributed by atoms with van der Waals surface area (Å²) in [4.78, 5) is 13.8. The molecule has 15 heteroatoms. The van der Waals surface area contributed by atoms with Crippen LogP contribution in [0.3, 0.4) is 0 Å². The smallest absolute Gasteiger partial charge is 0.310 e. The lowest BCUT2D eigenvalue weighted by Gasteiger charge is -2.48. The minimum Gasteiger partial charge on any atom is -0.502 e. The molecule has 5 aliphatic rings. The zero-order valence-electron chi connectivity index (χ0n) is 36.3. The van der Waals surface area contributed by atoms with Gasteiger partial charge in [0.05, 0.1) is 39.5 Å². The summed E-state index contributed by atoms with van der Waals surface area (Å²) in [7, 11) is 2.90. The summed E-state index contributed by atoms with van der Waals surface area (Å²) in [5.41, 5.74) is 2.08. The van der Waals surface area contributed by atoms with Crippen LogP contribution in [0.25, 0.3) is 0 Å². The van der Waals surface area contributed by atoms with Crippen molar-refractivity contribution < 1.29 is 62.4 Å². The number of esters is 1. The second kappa shape index (κ2) is 22.0. The van der Waals surface area contributed by atoms with Gasteiger partial charge in [-0.15, -0.1) is 0 Å². The highest BCUT2D eigenvalue weighted by molar-refractivity contribution is 7.80. The first-order valence-corrected chi connectivity index (χ1v) is 22.7. The van der Waals surface area contributed by atoms with E-state index in [9.17, 15) is 15.0 Å². The summed E-state index contributed by atoms with van der Waals surface area (Å²) in [5.74, 6) is -1.01. The molecule has 0 bridgehead atoms. The quantitative estimate of drug-likeness (QED) is 0.0514. The Bertz CT molecular complexity index is 1860. The van der Waals surface area contributed by atoms with Gasteiger partial charge in [0.15, 0.2) is 41.7 Å². The number of methoxy groups -OCH3 is 2. The van der Waals surface area contributed by atoms with Crippen molar-refractivity contribution in [3.05, 3.63) is 65.3 Å². The fraction of sp³-hybridized carbons (Fsp3) is 0.617. The number of aromatic hydroxyl groups is 1. The summed E-state index contributed by atoms with van der Waals surface area (Å²) in [6.45, 7) is 4.82. The summed E-state index contributed by atoms with van der Waals surface area (Å²) in [6.07, 6.45) is 15.3. The Morgan fingerprint density at radius 3 is 2.26 bits per heavy atom. The number of carbonyl (C=O) groups is 1. The van der Waals surface area contributed by atoms with Crippen LogP contribution in [-0.4, -0.2) is 99.1 Å². The molecule has 2 aromatic carbocycles. The molecule has 0 saturated carbocycles. The Hall–Kier alpha value is -4.12. The van der Waals surface area contributed by atoms with Crippen molar-refractivity contribution in [2.75, 3.05) is 40.8 Å². The van der Waals surface area contributed by atoms with E-state index in [0.29, 0.717) is 34.7 Å². The van der Waals surface area contributed by atoms with E-state index in [0.717, 1.165) is 32.1 Å². The van der Waals surface area contributed by atoms with Crippen molar-refractivity contribution >= 4 is 23.4 Å². The van der Waals surface area contributed by atoms with Crippen molar-refractivity contribution in [2.24, 2.45) is 11.8 Å². The zero-order valence-corrected chi connectivity index (χ0v) is 37.1. The van der Waals surface area contributed by atoms with E-state index in [-0.39, 0.29) is 42.4 Å². The molecule has 1 aliphatic carbocycles. The van der Waals surface area contributed by atoms with Crippen molar-refractivity contribution in [1.82, 2.24) is 5.32 Å². The first-order valence-electron chi connectivity index (χ1n) is 22.3. The number of ether oxygens (including phenoxy) is 10. The van der Waals surface area contributed by atoms with Crippen molar-refractivity contribution in [1.29, 1.82) is 0 Å². The molecule has 10 atom stereocenters. The van der Waals surface area contributed by atoms with E-state index in [4.69, 9.17) is 59.6 Å². The largest absolute Gasteiger partial charge is 0.502 e. The Balaban J connectivity index is 1.03. The molecule has 14 nitrogen and oxygen atoms in total. The van der Waals surface area contributed by atoms with E-state index in [1.807, 2.05) is 12.1 Å². The molecule has 7 rings (SSSR count). The molecular formula is C47H63NO13S. The number of phenols is 1. The van der Waals surface area contributed by atoms with Gasteiger partial charge in [-0.3, -0.25) is 4.79 Å². The number of cyclic esters (lactones) is 1. The molecule has 0 spiro atoms. The number of fused-ring (bicyclic) bond motifs is 4. The van der Waals surface area contributed by atoms with Gasteiger partial charge in [-0.2, -0.15) is 0 Å². The van der Waals surface area contributed by atoms with Gasteiger partial charge >= 0.3 is 5.97 Å². The average Bonchev–Trinajstić information content (AvgIpc) is 3.90. The van der Waals surface area contributed by atoms with Gasteiger partial charge < -0.3 is 62.9 Å². The van der Waals surface area contributed by atoms with Gasteiger partial charge in [0.1, 0.15) is 18.3 Å². The second-order valence-electron chi connectivity index (χ2n) is 16.5. The standard InChI is InChI=1S/C47H63NO13S/c1-5-6-7-8-9-10-11-12-13-14-15-16-17-18-19-20-48-47(62)61-44-41(50)43-37(26-54-28(2)58-43)59-46(44)60-42-31-24-34-33(56-27-57-34)23-30(31)38(39-32(42)25-55-45(39)51)29-21-35(52-3)40(49)36(22-29)53-4/h8-9,11-12,21-24,28,32,37-39,41-44,46,49-50H,5-7,10,13-20,25-27H2,1-4H3,(H,48,62)/t28-,32+,37-,38-,39+,41+,42-,43?,44-,46+/m1/s1. The highest BCUT2D eigenvalue weighted by Gasteiger charge is 2.57. The van der Waals surface area contributed by atoms with Crippen LogP contribution in [0.5, 0.6) is 28.7 Å². The molecule has 2 aromatic rings. The minimum absolute atomic E-state index is 0.0273. The number of carbonyl (C=O) groups excluding carboxylic acids is 1. The number of hydrogen-bond acceptors (Lipinski definition) is 14. The number of nitrogens with one attached hydrogen (secondary N) is 1. The van der Waals surface area contributed by atoms with Gasteiger partial charge in [-0.05, 0) is 92.2 Å². The van der Waals surface area contributed by atoms with Crippen LogP contribution >= 0.6 is 12.2 Å². The van der Waals surface area contributed by atoms with Crippen LogP contribution in [0.2, 0.25) is 0 Å². The number of phenolic OH excluding ortho intramolecular Hbond substituents is 1. The predicted molar refractivity (Wildman–Crippen MR) is 233 cm³/mol. The van der Waals surface area contributed by atoms with E-state index in [2.05, 4.69) is 36.5 Å². The predicted octanol–water partition coefficient (Wildman–Crippen LogP) is 7.66. The van der Waals surface area contributed by atoms with Crippen LogP contribution < -0.4 is 24.3 Å². The highest BCUT2D eigenvalue weighted by atomic mass is 32.1. The number of aliphatic hydroxyl groups excluding tert-OH is 1. The fourth-order valence-electron chi connectivity index (χ4n) is 9.13. The third-order valence-electron chi connectivity index (χ3n) is 12.4. The molecule has 3 N–H and O–H groups in total. The Morgan fingerprint density at radius 2 is 1.55 bits per heavy atom. The van der Waals surface area contributed by atoms with Crippen LogP contribution in [0, 0.1) is 11.8 Å². The monoisotopic (exact) mass is 881 g/mol.